The second-order valence-corrected chi connectivity index (χ2v) is 2.59. The summed E-state index contributed by atoms with van der Waals surface area (Å²) in [6, 6.07) is 9.82. The van der Waals surface area contributed by atoms with Crippen molar-refractivity contribution < 1.29 is 4.99 Å². The summed E-state index contributed by atoms with van der Waals surface area (Å²) in [5.74, 6) is 0. The minimum absolute atomic E-state index is 0.686. The van der Waals surface area contributed by atoms with Gasteiger partial charge in [-0.05, 0) is 11.6 Å². The van der Waals surface area contributed by atoms with Crippen molar-refractivity contribution in [3.05, 3.63) is 30.3 Å². The largest absolute Gasteiger partial charge is 0.245 e. The highest BCUT2D eigenvalue weighted by Crippen LogP contribution is 1.94. The van der Waals surface area contributed by atoms with E-state index in [9.17, 15) is 0 Å². The molecule has 0 radical (unpaired) electrons. The molecule has 0 amide bonds. The number of para-hydroxylation sites is 1. The van der Waals surface area contributed by atoms with Crippen molar-refractivity contribution in [3.8, 4) is 0 Å². The third-order valence-electron chi connectivity index (χ3n) is 1.09. The van der Waals surface area contributed by atoms with Gasteiger partial charge < -0.3 is 0 Å². The van der Waals surface area contributed by atoms with E-state index in [1.54, 1.807) is 0 Å². The van der Waals surface area contributed by atoms with Crippen LogP contribution in [0.25, 0.3) is 0 Å². The van der Waals surface area contributed by atoms with Gasteiger partial charge >= 0.3 is 0 Å². The summed E-state index contributed by atoms with van der Waals surface area (Å²) < 4.78 is 0. The molecule has 10 heavy (non-hydrogen) atoms. The molecule has 0 aliphatic heterocycles. The average Bonchev–Trinajstić information content (AvgIpc) is 1.88. The molecule has 0 aromatic heterocycles. The predicted octanol–water partition coefficient (Wildman–Crippen LogP) is 1.06. The molecule has 1 aromatic carbocycles. The highest BCUT2D eigenvalue weighted by molar-refractivity contribution is 6.63. The van der Waals surface area contributed by atoms with Crippen LogP contribution in [0.3, 0.4) is 0 Å². The van der Waals surface area contributed by atoms with Gasteiger partial charge in [0.2, 0.25) is 10.9 Å². The molecule has 0 aliphatic carbocycles. The monoisotopic (exact) mass is 154 g/mol. The predicted molar refractivity (Wildman–Crippen MR) is 43.6 cm³/mol. The Morgan fingerprint density at radius 1 is 1.30 bits per heavy atom. The zero-order valence-electron chi connectivity index (χ0n) is 5.76. The second kappa shape index (κ2) is 3.37. The summed E-state index contributed by atoms with van der Waals surface area (Å²) in [5, 5.41) is 0.686. The van der Waals surface area contributed by atoms with E-state index >= 15 is 0 Å². The smallest absolute Gasteiger partial charge is 0.199 e. The maximum Gasteiger partial charge on any atom is 0.245 e. The Labute approximate surface area is 65.4 Å². The molecule has 0 spiro atoms. The quantitative estimate of drug-likeness (QED) is 0.582. The molecular formula is C8H9ClN+. The van der Waals surface area contributed by atoms with Gasteiger partial charge in [0.25, 0.3) is 0 Å². The molecular weight excluding hydrogens is 146 g/mol. The van der Waals surface area contributed by atoms with Gasteiger partial charge in [0.15, 0.2) is 0 Å². The lowest BCUT2D eigenvalue weighted by molar-refractivity contribution is -0.351. The zero-order valence-corrected chi connectivity index (χ0v) is 6.52. The molecule has 52 valence electrons. The Hall–Kier alpha value is -0.820. The van der Waals surface area contributed by atoms with Crippen LogP contribution < -0.4 is 4.99 Å². The Bertz CT molecular complexity index is 224. The molecule has 1 rings (SSSR count). The molecule has 0 unspecified atom stereocenters. The van der Waals surface area contributed by atoms with Gasteiger partial charge in [0.05, 0.1) is 0 Å². The fourth-order valence-corrected chi connectivity index (χ4v) is 0.829. The van der Waals surface area contributed by atoms with Crippen molar-refractivity contribution in [2.24, 2.45) is 0 Å². The van der Waals surface area contributed by atoms with Gasteiger partial charge in [-0.15, -0.1) is 0 Å². The molecule has 0 saturated carbocycles. The molecule has 0 atom stereocenters. The Morgan fingerprint density at radius 2 is 1.90 bits per heavy atom. The van der Waals surface area contributed by atoms with Gasteiger partial charge in [-0.1, -0.05) is 18.2 Å². The van der Waals surface area contributed by atoms with Crippen LogP contribution in [0.1, 0.15) is 6.92 Å². The van der Waals surface area contributed by atoms with E-state index in [1.807, 2.05) is 37.3 Å². The molecule has 0 fully saturated rings. The number of benzene rings is 1. The Balaban J connectivity index is 2.87. The van der Waals surface area contributed by atoms with Crippen LogP contribution in [0.5, 0.6) is 0 Å². The molecule has 1 aromatic rings. The van der Waals surface area contributed by atoms with Crippen molar-refractivity contribution in [1.82, 2.24) is 0 Å². The highest BCUT2D eigenvalue weighted by Gasteiger charge is 1.92. The number of hydrogen-bond donors (Lipinski definition) is 1. The fourth-order valence-electron chi connectivity index (χ4n) is 0.720. The van der Waals surface area contributed by atoms with E-state index < -0.39 is 0 Å². The van der Waals surface area contributed by atoms with Crippen molar-refractivity contribution in [2.75, 3.05) is 0 Å². The summed E-state index contributed by atoms with van der Waals surface area (Å²) in [6.45, 7) is 1.81. The van der Waals surface area contributed by atoms with Gasteiger partial charge in [-0.2, -0.15) is 4.99 Å². The first-order valence-electron chi connectivity index (χ1n) is 3.10. The SMILES string of the molecule is CC(Cl)=[NH+]c1ccccc1. The summed E-state index contributed by atoms with van der Waals surface area (Å²) in [7, 11) is 0. The number of halogens is 1. The lowest BCUT2D eigenvalue weighted by Gasteiger charge is -1.82. The molecule has 0 bridgehead atoms. The summed E-state index contributed by atoms with van der Waals surface area (Å²) in [5.41, 5.74) is 1.02. The maximum atomic E-state index is 5.62. The van der Waals surface area contributed by atoms with Crippen LogP contribution in [0.4, 0.5) is 5.69 Å². The maximum absolute atomic E-state index is 5.62. The van der Waals surface area contributed by atoms with Gasteiger partial charge in [-0.25, -0.2) is 0 Å². The van der Waals surface area contributed by atoms with Crippen LogP contribution in [0.15, 0.2) is 30.3 Å². The molecule has 2 heteroatoms. The van der Waals surface area contributed by atoms with E-state index in [0.717, 1.165) is 5.69 Å². The standard InChI is InChI=1S/C8H8ClN/c1-7(9)10-8-5-3-2-4-6-8/h2-6H,1H3/p+1. The molecule has 0 aliphatic rings. The van der Waals surface area contributed by atoms with Crippen LogP contribution >= 0.6 is 11.6 Å². The van der Waals surface area contributed by atoms with Crippen LogP contribution in [0, 0.1) is 0 Å². The minimum Gasteiger partial charge on any atom is -0.199 e. The summed E-state index contributed by atoms with van der Waals surface area (Å²) in [6.07, 6.45) is 0. The lowest BCUT2D eigenvalue weighted by atomic mass is 10.3. The second-order valence-electron chi connectivity index (χ2n) is 2.02. The molecule has 1 N–H and O–H groups in total. The summed E-state index contributed by atoms with van der Waals surface area (Å²) >= 11 is 5.62. The topological polar surface area (TPSA) is 14.0 Å². The molecule has 0 heterocycles. The van der Waals surface area contributed by atoms with E-state index in [1.165, 1.54) is 0 Å². The first kappa shape index (κ1) is 7.29. The Morgan fingerprint density at radius 3 is 2.40 bits per heavy atom. The van der Waals surface area contributed by atoms with Crippen LogP contribution in [-0.4, -0.2) is 5.17 Å². The van der Waals surface area contributed by atoms with E-state index in [4.69, 9.17) is 11.6 Å². The third kappa shape index (κ3) is 2.19. The number of rotatable bonds is 1. The van der Waals surface area contributed by atoms with Crippen LogP contribution in [0.2, 0.25) is 0 Å². The van der Waals surface area contributed by atoms with Gasteiger partial charge in [0, 0.05) is 19.1 Å². The third-order valence-corrected chi connectivity index (χ3v) is 1.18. The highest BCUT2D eigenvalue weighted by atomic mass is 35.5. The zero-order chi connectivity index (χ0) is 7.40. The molecule has 0 saturated heterocycles. The first-order valence-corrected chi connectivity index (χ1v) is 3.48. The lowest BCUT2D eigenvalue weighted by Crippen LogP contribution is -2.63. The van der Waals surface area contributed by atoms with Crippen molar-refractivity contribution >= 4 is 22.5 Å². The van der Waals surface area contributed by atoms with E-state index in [2.05, 4.69) is 4.99 Å². The first-order chi connectivity index (χ1) is 4.79. The Kier molecular flexibility index (Phi) is 2.46. The number of nitrogens with one attached hydrogen (secondary N) is 1. The van der Waals surface area contributed by atoms with Crippen LogP contribution in [-0.2, 0) is 0 Å². The minimum atomic E-state index is 0.686. The van der Waals surface area contributed by atoms with E-state index in [-0.39, 0.29) is 0 Å². The van der Waals surface area contributed by atoms with Crippen molar-refractivity contribution in [2.45, 2.75) is 6.92 Å². The van der Waals surface area contributed by atoms with E-state index in [0.29, 0.717) is 5.17 Å². The van der Waals surface area contributed by atoms with Gasteiger partial charge in [0.1, 0.15) is 0 Å². The normalized spacial score (nSPS) is 11.6. The fraction of sp³-hybridized carbons (Fsp3) is 0.125. The average molecular weight is 155 g/mol. The molecule has 1 nitrogen and oxygen atoms in total. The van der Waals surface area contributed by atoms with Crippen molar-refractivity contribution in [3.63, 3.8) is 0 Å². The van der Waals surface area contributed by atoms with Crippen molar-refractivity contribution in [1.29, 1.82) is 0 Å². The number of hydrogen-bond acceptors (Lipinski definition) is 0. The van der Waals surface area contributed by atoms with Gasteiger partial charge in [-0.3, -0.25) is 0 Å². The summed E-state index contributed by atoms with van der Waals surface area (Å²) in [4.78, 5) is 2.99.